The van der Waals surface area contributed by atoms with Gasteiger partial charge in [-0.3, -0.25) is 4.79 Å². The van der Waals surface area contributed by atoms with Crippen LogP contribution >= 0.6 is 0 Å². The number of hydrogen-bond donors (Lipinski definition) is 2. The number of sulfonamides is 1. The summed E-state index contributed by atoms with van der Waals surface area (Å²) in [4.78, 5) is 10.9. The van der Waals surface area contributed by atoms with Crippen LogP contribution in [0.4, 0.5) is 0 Å². The molecule has 5 nitrogen and oxygen atoms in total. The van der Waals surface area contributed by atoms with Crippen LogP contribution in [0.15, 0.2) is 41.3 Å². The van der Waals surface area contributed by atoms with Crippen LogP contribution in [0.5, 0.6) is 0 Å². The first-order valence-electron chi connectivity index (χ1n) is 10.3. The van der Waals surface area contributed by atoms with Crippen LogP contribution < -0.4 is 4.72 Å². The molecule has 2 bridgehead atoms. The number of carboxylic acids is 1. The van der Waals surface area contributed by atoms with Crippen molar-refractivity contribution in [2.75, 3.05) is 0 Å². The van der Waals surface area contributed by atoms with Crippen LogP contribution in [0, 0.1) is 24.7 Å². The zero-order valence-electron chi connectivity index (χ0n) is 16.5. The number of rotatable bonds is 9. The molecule has 28 heavy (non-hydrogen) atoms. The predicted octanol–water partition coefficient (Wildman–Crippen LogP) is 4.28. The average molecular weight is 406 g/mol. The molecule has 0 heterocycles. The zero-order valence-corrected chi connectivity index (χ0v) is 17.3. The molecule has 0 aromatic heterocycles. The predicted molar refractivity (Wildman–Crippen MR) is 109 cm³/mol. The van der Waals surface area contributed by atoms with Gasteiger partial charge in [-0.15, -0.1) is 0 Å². The van der Waals surface area contributed by atoms with E-state index in [4.69, 9.17) is 5.11 Å². The number of allylic oxidation sites excluding steroid dienone is 2. The van der Waals surface area contributed by atoms with Crippen molar-refractivity contribution >= 4 is 16.0 Å². The fraction of sp³-hybridized carbons (Fsp3) is 0.591. The molecule has 2 atom stereocenters. The van der Waals surface area contributed by atoms with Gasteiger partial charge in [0.2, 0.25) is 10.0 Å². The number of fused-ring (bicyclic) bond motifs is 3. The Morgan fingerprint density at radius 2 is 1.75 bits per heavy atom. The largest absolute Gasteiger partial charge is 0.481 e. The van der Waals surface area contributed by atoms with Crippen molar-refractivity contribution in [2.45, 2.75) is 69.2 Å². The Morgan fingerprint density at radius 3 is 2.39 bits per heavy atom. The van der Waals surface area contributed by atoms with Gasteiger partial charge in [0.05, 0.1) is 4.90 Å². The van der Waals surface area contributed by atoms with E-state index in [0.717, 1.165) is 31.2 Å². The van der Waals surface area contributed by atoms with Gasteiger partial charge in [0, 0.05) is 12.5 Å². The molecular weight excluding hydrogens is 374 g/mol. The second-order valence-electron chi connectivity index (χ2n) is 8.29. The van der Waals surface area contributed by atoms with Crippen molar-refractivity contribution in [3.05, 3.63) is 42.0 Å². The minimum absolute atomic E-state index is 0.0116. The lowest BCUT2D eigenvalue weighted by Crippen LogP contribution is -2.53. The van der Waals surface area contributed by atoms with E-state index in [0.29, 0.717) is 29.1 Å². The topological polar surface area (TPSA) is 83.5 Å². The maximum atomic E-state index is 12.9. The minimum Gasteiger partial charge on any atom is -0.481 e. The van der Waals surface area contributed by atoms with Crippen LogP contribution in [0.25, 0.3) is 0 Å². The van der Waals surface area contributed by atoms with Crippen molar-refractivity contribution in [2.24, 2.45) is 17.8 Å². The standard InChI is InChI=1S/C22H31NO4S/c1-16-8-14-19(15-9-16)28(26,27)23-22-18-12-10-17(11-13-18)20(22)6-4-2-3-5-7-21(24)25/h2,4,8-9,14-15,17-18,20,22-23H,3,5-7,10-13H2,1H3,(H,24,25)/b4-2-/t17?,18?,20-,22-/m0/s1. The Morgan fingerprint density at radius 1 is 1.11 bits per heavy atom. The van der Waals surface area contributed by atoms with Crippen molar-refractivity contribution < 1.29 is 18.3 Å². The molecule has 154 valence electrons. The van der Waals surface area contributed by atoms with Gasteiger partial charge in [-0.25, -0.2) is 13.1 Å². The molecule has 6 heteroatoms. The molecule has 3 aliphatic carbocycles. The Hall–Kier alpha value is -1.66. The summed E-state index contributed by atoms with van der Waals surface area (Å²) in [5, 5.41) is 8.71. The molecule has 0 aliphatic heterocycles. The number of nitrogens with one attached hydrogen (secondary N) is 1. The minimum atomic E-state index is -3.52. The summed E-state index contributed by atoms with van der Waals surface area (Å²) in [7, 11) is -3.52. The number of benzene rings is 1. The van der Waals surface area contributed by atoms with Gasteiger partial charge in [-0.1, -0.05) is 29.8 Å². The fourth-order valence-corrected chi connectivity index (χ4v) is 6.16. The van der Waals surface area contributed by atoms with E-state index >= 15 is 0 Å². The summed E-state index contributed by atoms with van der Waals surface area (Å²) in [6, 6.07) is 7.01. The summed E-state index contributed by atoms with van der Waals surface area (Å²) < 4.78 is 28.9. The highest BCUT2D eigenvalue weighted by atomic mass is 32.2. The normalized spacial score (nSPS) is 27.3. The Labute approximate surface area is 168 Å². The SMILES string of the molecule is Cc1ccc(S(=O)(=O)N[C@H]2C3CCC(CC3)[C@@H]2C/C=C\CCCC(=O)O)cc1. The quantitative estimate of drug-likeness (QED) is 0.474. The summed E-state index contributed by atoms with van der Waals surface area (Å²) in [6.07, 6.45) is 11.2. The summed E-state index contributed by atoms with van der Waals surface area (Å²) >= 11 is 0. The fourth-order valence-electron chi connectivity index (χ4n) is 4.80. The zero-order chi connectivity index (χ0) is 20.1. The number of carboxylic acid groups (broad SMARTS) is 1. The first-order chi connectivity index (χ1) is 13.4. The Balaban J connectivity index is 1.66. The van der Waals surface area contributed by atoms with Gasteiger partial charge in [-0.05, 0) is 81.8 Å². The lowest BCUT2D eigenvalue weighted by molar-refractivity contribution is -0.137. The second kappa shape index (κ2) is 9.23. The van der Waals surface area contributed by atoms with Gasteiger partial charge < -0.3 is 5.11 Å². The summed E-state index contributed by atoms with van der Waals surface area (Å²) in [5.41, 5.74) is 1.04. The average Bonchev–Trinajstić information content (AvgIpc) is 2.66. The number of aryl methyl sites for hydroxylation is 1. The molecule has 0 radical (unpaired) electrons. The van der Waals surface area contributed by atoms with Crippen LogP contribution in [-0.2, 0) is 14.8 Å². The summed E-state index contributed by atoms with van der Waals surface area (Å²) in [6.45, 7) is 1.95. The molecule has 0 unspecified atom stereocenters. The first-order valence-corrected chi connectivity index (χ1v) is 11.8. The highest BCUT2D eigenvalue weighted by molar-refractivity contribution is 7.89. The molecular formula is C22H31NO4S. The molecule has 3 saturated carbocycles. The van der Waals surface area contributed by atoms with Crippen molar-refractivity contribution in [1.82, 2.24) is 4.72 Å². The highest BCUT2D eigenvalue weighted by Gasteiger charge is 2.44. The molecule has 2 N–H and O–H groups in total. The molecule has 3 fully saturated rings. The van der Waals surface area contributed by atoms with Crippen LogP contribution in [0.2, 0.25) is 0 Å². The van der Waals surface area contributed by atoms with Crippen molar-refractivity contribution in [1.29, 1.82) is 0 Å². The molecule has 0 spiro atoms. The van der Waals surface area contributed by atoms with Gasteiger partial charge in [0.15, 0.2) is 0 Å². The maximum absolute atomic E-state index is 12.9. The van der Waals surface area contributed by atoms with Crippen LogP contribution in [0.3, 0.4) is 0 Å². The third kappa shape index (κ3) is 5.23. The van der Waals surface area contributed by atoms with Gasteiger partial charge in [-0.2, -0.15) is 0 Å². The Kier molecular flexibility index (Phi) is 6.94. The number of hydrogen-bond acceptors (Lipinski definition) is 3. The van der Waals surface area contributed by atoms with Gasteiger partial charge in [0.1, 0.15) is 0 Å². The number of aliphatic carboxylic acids is 1. The van der Waals surface area contributed by atoms with Gasteiger partial charge in [0.25, 0.3) is 0 Å². The van der Waals surface area contributed by atoms with E-state index in [2.05, 4.69) is 16.9 Å². The van der Waals surface area contributed by atoms with E-state index in [1.165, 1.54) is 12.8 Å². The molecule has 1 aromatic rings. The smallest absolute Gasteiger partial charge is 0.303 e. The van der Waals surface area contributed by atoms with E-state index in [1.807, 2.05) is 19.1 Å². The molecule has 0 saturated heterocycles. The van der Waals surface area contributed by atoms with Crippen LogP contribution in [0.1, 0.15) is 56.9 Å². The molecule has 1 aromatic carbocycles. The molecule has 3 aliphatic rings. The van der Waals surface area contributed by atoms with Gasteiger partial charge >= 0.3 is 5.97 Å². The van der Waals surface area contributed by atoms with E-state index < -0.39 is 16.0 Å². The first kappa shape index (κ1) is 21.1. The molecule has 0 amide bonds. The maximum Gasteiger partial charge on any atom is 0.303 e. The lowest BCUT2D eigenvalue weighted by Gasteiger charge is -2.48. The third-order valence-electron chi connectivity index (χ3n) is 6.35. The van der Waals surface area contributed by atoms with Crippen molar-refractivity contribution in [3.63, 3.8) is 0 Å². The Bertz CT molecular complexity index is 792. The lowest BCUT2D eigenvalue weighted by atomic mass is 9.61. The van der Waals surface area contributed by atoms with E-state index in [-0.39, 0.29) is 12.5 Å². The van der Waals surface area contributed by atoms with Crippen molar-refractivity contribution in [3.8, 4) is 0 Å². The third-order valence-corrected chi connectivity index (χ3v) is 7.83. The highest BCUT2D eigenvalue weighted by Crippen LogP contribution is 2.47. The number of carbonyl (C=O) groups is 1. The monoisotopic (exact) mass is 405 g/mol. The summed E-state index contributed by atoms with van der Waals surface area (Å²) in [5.74, 6) is 0.544. The second-order valence-corrected chi connectivity index (χ2v) is 10.0. The van der Waals surface area contributed by atoms with E-state index in [9.17, 15) is 13.2 Å². The van der Waals surface area contributed by atoms with Crippen LogP contribution in [-0.4, -0.2) is 25.5 Å². The number of unbranched alkanes of at least 4 members (excludes halogenated alkanes) is 1. The van der Waals surface area contributed by atoms with E-state index in [1.54, 1.807) is 12.1 Å². The molecule has 4 rings (SSSR count).